The molecule has 6 nitrogen and oxygen atoms in total. The van der Waals surface area contributed by atoms with Gasteiger partial charge in [0.15, 0.2) is 0 Å². The first-order valence-electron chi connectivity index (χ1n) is 10.3. The highest BCUT2D eigenvalue weighted by molar-refractivity contribution is 7.08. The molecule has 2 aromatic rings. The van der Waals surface area contributed by atoms with E-state index in [2.05, 4.69) is 29.0 Å². The number of nitrogens with zero attached hydrogens (tertiary/aromatic N) is 5. The summed E-state index contributed by atoms with van der Waals surface area (Å²) in [4.78, 5) is 29.0. The van der Waals surface area contributed by atoms with Gasteiger partial charge in [-0.2, -0.15) is 16.3 Å². The van der Waals surface area contributed by atoms with Gasteiger partial charge in [0.25, 0.3) is 0 Å². The molecular weight excluding hydrogens is 370 g/mol. The van der Waals surface area contributed by atoms with Gasteiger partial charge in [-0.15, -0.1) is 0 Å². The zero-order chi connectivity index (χ0) is 19.5. The molecule has 150 valence electrons. The highest BCUT2D eigenvalue weighted by atomic mass is 32.1. The topological polar surface area (TPSA) is 52.6 Å². The maximum Gasteiger partial charge on any atom is 0.227 e. The van der Waals surface area contributed by atoms with Gasteiger partial charge in [0, 0.05) is 50.5 Å². The number of aromatic nitrogens is 2. The third kappa shape index (κ3) is 4.14. The van der Waals surface area contributed by atoms with Crippen LogP contribution in [0.2, 0.25) is 0 Å². The molecule has 4 heterocycles. The number of aryl methyl sites for hydroxylation is 1. The molecule has 4 rings (SSSR count). The Labute approximate surface area is 171 Å². The first-order valence-corrected chi connectivity index (χ1v) is 11.2. The minimum absolute atomic E-state index is 0.230. The third-order valence-electron chi connectivity index (χ3n) is 5.82. The lowest BCUT2D eigenvalue weighted by molar-refractivity contribution is -0.130. The Bertz CT molecular complexity index is 816. The number of amides is 1. The van der Waals surface area contributed by atoms with Gasteiger partial charge >= 0.3 is 0 Å². The number of rotatable bonds is 4. The van der Waals surface area contributed by atoms with Gasteiger partial charge in [0.2, 0.25) is 11.9 Å². The summed E-state index contributed by atoms with van der Waals surface area (Å²) in [6, 6.07) is 2.04. The molecule has 2 aliphatic rings. The van der Waals surface area contributed by atoms with Gasteiger partial charge in [-0.05, 0) is 55.5 Å². The van der Waals surface area contributed by atoms with E-state index in [1.54, 1.807) is 11.3 Å². The number of thiophene rings is 1. The highest BCUT2D eigenvalue weighted by Crippen LogP contribution is 2.26. The number of anilines is 2. The lowest BCUT2D eigenvalue weighted by Gasteiger charge is -2.26. The molecule has 28 heavy (non-hydrogen) atoms. The summed E-state index contributed by atoms with van der Waals surface area (Å²) in [5, 5.41) is 4.10. The zero-order valence-corrected chi connectivity index (χ0v) is 17.7. The van der Waals surface area contributed by atoms with Gasteiger partial charge in [-0.25, -0.2) is 4.98 Å². The van der Waals surface area contributed by atoms with Crippen LogP contribution in [0.4, 0.5) is 11.8 Å². The van der Waals surface area contributed by atoms with Crippen molar-refractivity contribution >= 4 is 29.0 Å². The van der Waals surface area contributed by atoms with E-state index in [0.717, 1.165) is 74.3 Å². The van der Waals surface area contributed by atoms with Crippen LogP contribution >= 0.6 is 11.3 Å². The molecule has 2 aromatic heterocycles. The monoisotopic (exact) mass is 399 g/mol. The van der Waals surface area contributed by atoms with Crippen molar-refractivity contribution in [2.75, 3.05) is 49.1 Å². The van der Waals surface area contributed by atoms with Crippen LogP contribution in [0.15, 0.2) is 16.8 Å². The van der Waals surface area contributed by atoms with E-state index in [-0.39, 0.29) is 5.91 Å². The van der Waals surface area contributed by atoms with Gasteiger partial charge in [-0.1, -0.05) is 0 Å². The molecule has 0 N–H and O–H groups in total. The summed E-state index contributed by atoms with van der Waals surface area (Å²) >= 11 is 1.65. The smallest absolute Gasteiger partial charge is 0.227 e. The molecule has 0 atom stereocenters. The number of carbonyl (C=O) groups excluding carboxylic acids is 1. The highest BCUT2D eigenvalue weighted by Gasteiger charge is 2.24. The molecule has 1 amide bonds. The maximum absolute atomic E-state index is 12.7. The van der Waals surface area contributed by atoms with Crippen LogP contribution in [-0.4, -0.2) is 60.0 Å². The lowest BCUT2D eigenvalue weighted by atomic mass is 10.2. The minimum atomic E-state index is 0.230. The van der Waals surface area contributed by atoms with Gasteiger partial charge in [0.05, 0.1) is 6.42 Å². The Morgan fingerprint density at radius 3 is 2.54 bits per heavy atom. The first kappa shape index (κ1) is 19.2. The summed E-state index contributed by atoms with van der Waals surface area (Å²) in [7, 11) is 0. The molecule has 0 radical (unpaired) electrons. The van der Waals surface area contributed by atoms with Crippen LogP contribution in [0.5, 0.6) is 0 Å². The van der Waals surface area contributed by atoms with Gasteiger partial charge in [0.1, 0.15) is 5.82 Å². The molecule has 2 fully saturated rings. The Kier molecular flexibility index (Phi) is 5.80. The third-order valence-corrected chi connectivity index (χ3v) is 6.56. The average Bonchev–Trinajstić information content (AvgIpc) is 3.34. The second-order valence-corrected chi connectivity index (χ2v) is 8.56. The van der Waals surface area contributed by atoms with E-state index in [9.17, 15) is 4.79 Å². The quantitative estimate of drug-likeness (QED) is 0.791. The molecule has 2 aliphatic heterocycles. The van der Waals surface area contributed by atoms with E-state index in [1.807, 2.05) is 16.3 Å². The fourth-order valence-corrected chi connectivity index (χ4v) is 4.69. The number of carbonyl (C=O) groups is 1. The summed E-state index contributed by atoms with van der Waals surface area (Å²) < 4.78 is 0. The van der Waals surface area contributed by atoms with Gasteiger partial charge in [-0.3, -0.25) is 4.79 Å². The molecule has 0 aromatic carbocycles. The Balaban J connectivity index is 1.47. The van der Waals surface area contributed by atoms with E-state index < -0.39 is 0 Å². The fourth-order valence-electron chi connectivity index (χ4n) is 4.02. The van der Waals surface area contributed by atoms with E-state index in [0.29, 0.717) is 6.42 Å². The van der Waals surface area contributed by atoms with Crippen molar-refractivity contribution in [1.29, 1.82) is 0 Å². The first-order chi connectivity index (χ1) is 13.6. The number of hydrogen-bond acceptors (Lipinski definition) is 6. The van der Waals surface area contributed by atoms with Crippen molar-refractivity contribution in [3.05, 3.63) is 33.6 Å². The van der Waals surface area contributed by atoms with Gasteiger partial charge < -0.3 is 14.7 Å². The Hall–Kier alpha value is -2.15. The molecule has 0 bridgehead atoms. The van der Waals surface area contributed by atoms with Crippen LogP contribution < -0.4 is 9.80 Å². The SMILES string of the molecule is Cc1nc(N2CCCC2)nc(N2CCCN(C(=O)Cc3ccsc3)CC2)c1C. The summed E-state index contributed by atoms with van der Waals surface area (Å²) in [5.74, 6) is 2.14. The van der Waals surface area contributed by atoms with Crippen molar-refractivity contribution < 1.29 is 4.79 Å². The lowest BCUT2D eigenvalue weighted by Crippen LogP contribution is -2.36. The van der Waals surface area contributed by atoms with Crippen molar-refractivity contribution in [1.82, 2.24) is 14.9 Å². The average molecular weight is 400 g/mol. The maximum atomic E-state index is 12.7. The van der Waals surface area contributed by atoms with Crippen molar-refractivity contribution in [3.63, 3.8) is 0 Å². The minimum Gasteiger partial charge on any atom is -0.354 e. The normalized spacial score (nSPS) is 17.9. The molecule has 0 saturated carbocycles. The zero-order valence-electron chi connectivity index (χ0n) is 16.9. The van der Waals surface area contributed by atoms with Crippen molar-refractivity contribution in [2.45, 2.75) is 39.5 Å². The summed E-state index contributed by atoms with van der Waals surface area (Å²) in [5.41, 5.74) is 3.33. The predicted molar refractivity (Wildman–Crippen MR) is 114 cm³/mol. The van der Waals surface area contributed by atoms with E-state index in [4.69, 9.17) is 9.97 Å². The second-order valence-electron chi connectivity index (χ2n) is 7.78. The molecule has 2 saturated heterocycles. The van der Waals surface area contributed by atoms with Crippen molar-refractivity contribution in [2.24, 2.45) is 0 Å². The number of hydrogen-bond donors (Lipinski definition) is 0. The molecule has 0 spiro atoms. The van der Waals surface area contributed by atoms with Crippen LogP contribution in [0.25, 0.3) is 0 Å². The predicted octanol–water partition coefficient (Wildman–Crippen LogP) is 3.04. The second kappa shape index (κ2) is 8.47. The molecular formula is C21H29N5OS. The van der Waals surface area contributed by atoms with Crippen LogP contribution in [0.1, 0.15) is 36.1 Å². The Morgan fingerprint density at radius 2 is 1.79 bits per heavy atom. The standard InChI is InChI=1S/C21H29N5OS/c1-16-17(2)22-21(26-7-3-4-8-26)23-20(16)25-10-5-9-24(11-12-25)19(27)14-18-6-13-28-15-18/h6,13,15H,3-5,7-12,14H2,1-2H3. The molecule has 0 aliphatic carbocycles. The molecule has 7 heteroatoms. The van der Waals surface area contributed by atoms with Crippen molar-refractivity contribution in [3.8, 4) is 0 Å². The fraction of sp³-hybridized carbons (Fsp3) is 0.571. The summed E-state index contributed by atoms with van der Waals surface area (Å²) in [6.45, 7) is 9.62. The van der Waals surface area contributed by atoms with Crippen LogP contribution in [-0.2, 0) is 11.2 Å². The van der Waals surface area contributed by atoms with Crippen LogP contribution in [0.3, 0.4) is 0 Å². The van der Waals surface area contributed by atoms with Crippen LogP contribution in [0, 0.1) is 13.8 Å². The Morgan fingerprint density at radius 1 is 1.00 bits per heavy atom. The van der Waals surface area contributed by atoms with E-state index in [1.165, 1.54) is 12.8 Å². The summed E-state index contributed by atoms with van der Waals surface area (Å²) in [6.07, 6.45) is 3.91. The largest absolute Gasteiger partial charge is 0.354 e. The van der Waals surface area contributed by atoms with E-state index >= 15 is 0 Å². The molecule has 0 unspecified atom stereocenters.